The van der Waals surface area contributed by atoms with Gasteiger partial charge in [0.05, 0.1) is 0 Å². The van der Waals surface area contributed by atoms with Gasteiger partial charge in [0, 0.05) is 0 Å². The number of fused-ring (bicyclic) bond motifs is 1. The quantitative estimate of drug-likeness (QED) is 0.758. The van der Waals surface area contributed by atoms with E-state index in [0.29, 0.717) is 0 Å². The van der Waals surface area contributed by atoms with Gasteiger partial charge in [-0.1, -0.05) is 0 Å². The fraction of sp³-hybridized carbons (Fsp3) is 0.391. The minimum absolute atomic E-state index is 0.0544. The summed E-state index contributed by atoms with van der Waals surface area (Å²) >= 11 is 2.37. The maximum absolute atomic E-state index is 5.66. The van der Waals surface area contributed by atoms with Crippen LogP contribution in [0.15, 0.2) is 48.5 Å². The van der Waals surface area contributed by atoms with Crippen LogP contribution in [0, 0.1) is 0 Å². The number of rotatable bonds is 5. The summed E-state index contributed by atoms with van der Waals surface area (Å²) in [6.45, 7) is 11.6. The molecule has 3 nitrogen and oxygen atoms in total. The molecule has 28 heavy (non-hydrogen) atoms. The Labute approximate surface area is 179 Å². The summed E-state index contributed by atoms with van der Waals surface area (Å²) in [4.78, 5) is 3.98. The molecule has 0 heterocycles. The third kappa shape index (κ3) is 3.72. The van der Waals surface area contributed by atoms with Gasteiger partial charge >= 0.3 is 180 Å². The van der Waals surface area contributed by atoms with Crippen LogP contribution in [0.25, 0.3) is 5.57 Å². The van der Waals surface area contributed by atoms with Crippen LogP contribution in [0.5, 0.6) is 11.5 Å². The molecule has 0 amide bonds. The molecule has 0 saturated carbocycles. The molecule has 1 N–H and O–H groups in total. The van der Waals surface area contributed by atoms with Gasteiger partial charge < -0.3 is 0 Å². The van der Waals surface area contributed by atoms with Gasteiger partial charge in [0.2, 0.25) is 0 Å². The van der Waals surface area contributed by atoms with Gasteiger partial charge in [0.25, 0.3) is 0 Å². The van der Waals surface area contributed by atoms with Gasteiger partial charge in [-0.2, -0.15) is 0 Å². The molecule has 1 aliphatic rings. The van der Waals surface area contributed by atoms with Crippen LogP contribution in [0.2, 0.25) is 13.1 Å². The van der Waals surface area contributed by atoms with Crippen LogP contribution >= 0.6 is 0 Å². The second-order valence-corrected chi connectivity index (χ2v) is 13.9. The first kappa shape index (κ1) is 21.3. The number of ether oxygens (including phenoxy) is 2. The van der Waals surface area contributed by atoms with E-state index in [1.807, 2.05) is 0 Å². The number of methoxy groups -OCH3 is 2. The standard InChI is InChI=1S/C23H30NO2Si.Li/c1-23(2,3)24-27(6,7)22-15-17(16-11-9-8-10-12-16)18-13-20(25-4)21(26-5)14-19(18)22;/h8-15,24H,1-7H3;. The molecule has 2 aromatic carbocycles. The van der Waals surface area contributed by atoms with E-state index in [1.165, 1.54) is 22.3 Å². The molecule has 1 atom stereocenters. The Balaban J connectivity index is 2.26. The fourth-order valence-electron chi connectivity index (χ4n) is 4.42. The number of hydrogen-bond acceptors (Lipinski definition) is 3. The van der Waals surface area contributed by atoms with Gasteiger partial charge in [0.15, 0.2) is 0 Å². The van der Waals surface area contributed by atoms with Crippen molar-refractivity contribution in [3.8, 4) is 11.5 Å². The number of allylic oxidation sites excluding steroid dienone is 1. The van der Waals surface area contributed by atoms with Crippen LogP contribution in [0.1, 0.15) is 37.5 Å². The van der Waals surface area contributed by atoms with Crippen molar-refractivity contribution in [2.75, 3.05) is 14.2 Å². The van der Waals surface area contributed by atoms with Gasteiger partial charge in [0.1, 0.15) is 0 Å². The van der Waals surface area contributed by atoms with Crippen LogP contribution in [-0.2, 0) is 3.71 Å². The van der Waals surface area contributed by atoms with E-state index >= 15 is 0 Å². The Morgan fingerprint density at radius 1 is 0.964 bits per heavy atom. The van der Waals surface area contributed by atoms with E-state index in [-0.39, 0.29) is 9.25 Å². The SMILES string of the molecule is [Li][C]1([Si](C)(C)NC(C)(C)C)C=C(c2ccccc2)c2cc(OC)c(OC)cc21. The summed E-state index contributed by atoms with van der Waals surface area (Å²) < 4.78 is 11.2. The van der Waals surface area contributed by atoms with Crippen LogP contribution in [-0.4, -0.2) is 45.7 Å². The van der Waals surface area contributed by atoms with Gasteiger partial charge in [-0.05, 0) is 0 Å². The van der Waals surface area contributed by atoms with E-state index in [0.717, 1.165) is 11.5 Å². The minimum atomic E-state index is -1.94. The number of nitrogens with one attached hydrogen (secondary N) is 1. The second-order valence-electron chi connectivity index (χ2n) is 9.38. The van der Waals surface area contributed by atoms with E-state index in [4.69, 9.17) is 9.47 Å². The predicted molar refractivity (Wildman–Crippen MR) is 121 cm³/mol. The summed E-state index contributed by atoms with van der Waals surface area (Å²) in [5.41, 5.74) is 5.12. The zero-order valence-electron chi connectivity index (χ0n) is 18.4. The Morgan fingerprint density at radius 2 is 1.54 bits per heavy atom. The Morgan fingerprint density at radius 3 is 2.07 bits per heavy atom. The molecule has 0 saturated heterocycles. The molecule has 0 bridgehead atoms. The topological polar surface area (TPSA) is 30.5 Å². The summed E-state index contributed by atoms with van der Waals surface area (Å²) in [5, 5.41) is 0. The molecule has 144 valence electrons. The Hall–Kier alpha value is -1.45. The zero-order chi connectivity index (χ0) is 20.7. The van der Waals surface area contributed by atoms with Crippen molar-refractivity contribution in [1.29, 1.82) is 0 Å². The molecule has 1 aliphatic carbocycles. The van der Waals surface area contributed by atoms with Crippen molar-refractivity contribution in [3.63, 3.8) is 0 Å². The summed E-state index contributed by atoms with van der Waals surface area (Å²) in [6, 6.07) is 14.9. The van der Waals surface area contributed by atoms with Crippen molar-refractivity contribution in [3.05, 3.63) is 65.2 Å². The van der Waals surface area contributed by atoms with Gasteiger partial charge in [-0.3, -0.25) is 0 Å². The van der Waals surface area contributed by atoms with Crippen molar-refractivity contribution in [2.24, 2.45) is 0 Å². The average molecular weight is 388 g/mol. The molecule has 0 radical (unpaired) electrons. The summed E-state index contributed by atoms with van der Waals surface area (Å²) in [6.07, 6.45) is 2.47. The van der Waals surface area contributed by atoms with Gasteiger partial charge in [-0.25, -0.2) is 0 Å². The fourth-order valence-corrected chi connectivity index (χ4v) is 7.94. The molecular formula is C23H30LiNO2Si. The molecule has 0 aliphatic heterocycles. The van der Waals surface area contributed by atoms with Crippen molar-refractivity contribution < 1.29 is 9.47 Å². The van der Waals surface area contributed by atoms with E-state index < -0.39 is 8.24 Å². The first-order chi connectivity index (χ1) is 13.0. The second kappa shape index (κ2) is 7.42. The molecule has 0 fully saturated rings. The zero-order valence-corrected chi connectivity index (χ0v) is 19.4. The predicted octanol–water partition coefficient (Wildman–Crippen LogP) is 4.65. The third-order valence-corrected chi connectivity index (χ3v) is 10.3. The monoisotopic (exact) mass is 387 g/mol. The summed E-state index contributed by atoms with van der Waals surface area (Å²) in [5.74, 6) is 1.56. The first-order valence-corrected chi connectivity index (χ1v) is 12.9. The van der Waals surface area contributed by atoms with Crippen molar-refractivity contribution in [2.45, 2.75) is 43.1 Å². The normalized spacial score (nSPS) is 19.2. The van der Waals surface area contributed by atoms with Gasteiger partial charge in [-0.15, -0.1) is 0 Å². The molecule has 0 spiro atoms. The Kier molecular flexibility index (Phi) is 5.64. The molecule has 2 aromatic rings. The molecule has 3 rings (SSSR count). The molecular weight excluding hydrogens is 357 g/mol. The van der Waals surface area contributed by atoms with E-state index in [2.05, 4.69) is 105 Å². The number of benzene rings is 2. The maximum atomic E-state index is 5.66. The van der Waals surface area contributed by atoms with Crippen molar-refractivity contribution in [1.82, 2.24) is 4.98 Å². The third-order valence-electron chi connectivity index (χ3n) is 5.88. The van der Waals surface area contributed by atoms with Crippen molar-refractivity contribution >= 4 is 31.5 Å². The van der Waals surface area contributed by atoms with Crippen LogP contribution in [0.3, 0.4) is 0 Å². The summed E-state index contributed by atoms with van der Waals surface area (Å²) in [7, 11) is 1.46. The van der Waals surface area contributed by atoms with E-state index in [9.17, 15) is 0 Å². The number of hydrogen-bond donors (Lipinski definition) is 1. The Bertz CT molecular complexity index is 903. The van der Waals surface area contributed by atoms with Crippen LogP contribution in [0.4, 0.5) is 0 Å². The molecule has 1 unspecified atom stereocenters. The molecule has 5 heteroatoms. The first-order valence-electron chi connectivity index (χ1n) is 9.87. The average Bonchev–Trinajstić information content (AvgIpc) is 2.93. The van der Waals surface area contributed by atoms with E-state index in [1.54, 1.807) is 14.2 Å². The molecule has 0 aromatic heterocycles. The van der Waals surface area contributed by atoms with Crippen LogP contribution < -0.4 is 14.5 Å².